The first-order chi connectivity index (χ1) is 15.4. The van der Waals surface area contributed by atoms with Crippen molar-refractivity contribution in [3.05, 3.63) is 58.7 Å². The van der Waals surface area contributed by atoms with Crippen LogP contribution in [-0.4, -0.2) is 44.8 Å². The van der Waals surface area contributed by atoms with Crippen LogP contribution in [0.4, 0.5) is 4.39 Å². The average Bonchev–Trinajstić information content (AvgIpc) is 3.30. The third kappa shape index (κ3) is 5.42. The Morgan fingerprint density at radius 2 is 1.84 bits per heavy atom. The number of rotatable bonds is 10. The van der Waals surface area contributed by atoms with Crippen molar-refractivity contribution in [1.82, 2.24) is 10.6 Å². The van der Waals surface area contributed by atoms with Gasteiger partial charge in [0.25, 0.3) is 5.91 Å². The molecule has 3 N–H and O–H groups in total. The number of carbonyl (C=O) groups excluding carboxylic acids is 2. The minimum absolute atomic E-state index is 0.169. The number of ether oxygens (including phenoxy) is 2. The zero-order valence-corrected chi connectivity index (χ0v) is 18.6. The van der Waals surface area contributed by atoms with Crippen molar-refractivity contribution in [2.75, 3.05) is 27.3 Å². The van der Waals surface area contributed by atoms with E-state index >= 15 is 0 Å². The van der Waals surface area contributed by atoms with Crippen molar-refractivity contribution in [3.8, 4) is 11.5 Å². The molecule has 2 amide bonds. The standard InChI is InChI=1S/C23H24FN3O4S/c1-30-19-8-5-14(12-20(19)31-2)23(29)27-13-21(28)26-10-3-4-18(25)15-6-7-17(24)22-16(15)9-11-32-22/h5-9,11-12,25H,3-4,10,13H2,1-2H3,(H,26,28)(H,27,29). The maximum atomic E-state index is 13.8. The maximum absolute atomic E-state index is 13.8. The van der Waals surface area contributed by atoms with Crippen molar-refractivity contribution in [2.24, 2.45) is 0 Å². The number of amides is 2. The lowest BCUT2D eigenvalue weighted by molar-refractivity contribution is -0.120. The van der Waals surface area contributed by atoms with Gasteiger partial charge >= 0.3 is 0 Å². The molecule has 0 unspecified atom stereocenters. The summed E-state index contributed by atoms with van der Waals surface area (Å²) < 4.78 is 24.7. The monoisotopic (exact) mass is 457 g/mol. The van der Waals surface area contributed by atoms with Crippen LogP contribution in [0.3, 0.4) is 0 Å². The van der Waals surface area contributed by atoms with E-state index in [0.717, 1.165) is 5.39 Å². The highest BCUT2D eigenvalue weighted by Gasteiger charge is 2.13. The van der Waals surface area contributed by atoms with E-state index in [9.17, 15) is 14.0 Å². The van der Waals surface area contributed by atoms with Gasteiger partial charge in [-0.15, -0.1) is 11.3 Å². The smallest absolute Gasteiger partial charge is 0.251 e. The summed E-state index contributed by atoms with van der Waals surface area (Å²) >= 11 is 1.31. The summed E-state index contributed by atoms with van der Waals surface area (Å²) in [5.74, 6) is -0.0825. The van der Waals surface area contributed by atoms with Gasteiger partial charge in [0.05, 0.1) is 25.5 Å². The molecule has 3 aromatic rings. The van der Waals surface area contributed by atoms with Gasteiger partial charge < -0.3 is 25.5 Å². The molecule has 9 heteroatoms. The fraction of sp³-hybridized carbons (Fsp3) is 0.261. The number of nitrogens with one attached hydrogen (secondary N) is 3. The Labute approximate surface area is 189 Å². The van der Waals surface area contributed by atoms with Gasteiger partial charge in [0.15, 0.2) is 11.5 Å². The van der Waals surface area contributed by atoms with Gasteiger partial charge in [-0.05, 0) is 54.6 Å². The second-order valence-electron chi connectivity index (χ2n) is 6.94. The van der Waals surface area contributed by atoms with Crippen LogP contribution in [0, 0.1) is 11.2 Å². The molecule has 1 aromatic heterocycles. The fourth-order valence-corrected chi connectivity index (χ4v) is 4.05. The predicted octanol–water partition coefficient (Wildman–Crippen LogP) is 3.75. The van der Waals surface area contributed by atoms with Crippen LogP contribution in [0.5, 0.6) is 11.5 Å². The largest absolute Gasteiger partial charge is 0.493 e. The molecule has 7 nitrogen and oxygen atoms in total. The minimum atomic E-state index is -0.404. The van der Waals surface area contributed by atoms with Crippen molar-refractivity contribution >= 4 is 38.9 Å². The van der Waals surface area contributed by atoms with Crippen molar-refractivity contribution in [3.63, 3.8) is 0 Å². The highest BCUT2D eigenvalue weighted by Crippen LogP contribution is 2.28. The van der Waals surface area contributed by atoms with Gasteiger partial charge in [0, 0.05) is 28.8 Å². The molecule has 2 aromatic carbocycles. The van der Waals surface area contributed by atoms with Crippen LogP contribution < -0.4 is 20.1 Å². The molecule has 0 saturated carbocycles. The van der Waals surface area contributed by atoms with Crippen molar-refractivity contribution < 1.29 is 23.5 Å². The van der Waals surface area contributed by atoms with E-state index in [1.54, 1.807) is 23.6 Å². The molecular formula is C23H24FN3O4S. The summed E-state index contributed by atoms with van der Waals surface area (Å²) in [6, 6.07) is 9.56. The molecule has 0 radical (unpaired) electrons. The van der Waals surface area contributed by atoms with Gasteiger partial charge in [0.1, 0.15) is 5.82 Å². The molecule has 0 spiro atoms. The number of hydrogen-bond acceptors (Lipinski definition) is 6. The molecule has 0 saturated heterocycles. The van der Waals surface area contributed by atoms with Crippen molar-refractivity contribution in [1.29, 1.82) is 5.41 Å². The first-order valence-corrected chi connectivity index (χ1v) is 10.8. The van der Waals surface area contributed by atoms with E-state index in [1.807, 2.05) is 6.07 Å². The minimum Gasteiger partial charge on any atom is -0.493 e. The molecule has 168 valence electrons. The van der Waals surface area contributed by atoms with E-state index in [-0.39, 0.29) is 18.3 Å². The summed E-state index contributed by atoms with van der Waals surface area (Å²) in [4.78, 5) is 24.3. The molecule has 0 aliphatic rings. The summed E-state index contributed by atoms with van der Waals surface area (Å²) in [6.45, 7) is 0.194. The summed E-state index contributed by atoms with van der Waals surface area (Å²) in [7, 11) is 2.98. The van der Waals surface area contributed by atoms with E-state index in [0.29, 0.717) is 52.4 Å². The number of hydrogen-bond donors (Lipinski definition) is 3. The van der Waals surface area contributed by atoms with Gasteiger partial charge in [-0.1, -0.05) is 0 Å². The van der Waals surface area contributed by atoms with Crippen LogP contribution in [0.1, 0.15) is 28.8 Å². The fourth-order valence-electron chi connectivity index (χ4n) is 3.22. The lowest BCUT2D eigenvalue weighted by atomic mass is 10.0. The lowest BCUT2D eigenvalue weighted by Gasteiger charge is -2.10. The summed E-state index contributed by atoms with van der Waals surface area (Å²) in [6.07, 6.45) is 0.992. The van der Waals surface area contributed by atoms with Crippen molar-refractivity contribution in [2.45, 2.75) is 12.8 Å². The molecule has 0 atom stereocenters. The van der Waals surface area contributed by atoms with Crippen LogP contribution in [0.2, 0.25) is 0 Å². The second kappa shape index (κ2) is 10.7. The normalized spacial score (nSPS) is 10.6. The average molecular weight is 458 g/mol. The van der Waals surface area contributed by atoms with Crippen LogP contribution >= 0.6 is 11.3 Å². The molecule has 1 heterocycles. The predicted molar refractivity (Wildman–Crippen MR) is 123 cm³/mol. The molecule has 0 aliphatic carbocycles. The number of methoxy groups -OCH3 is 2. The Kier molecular flexibility index (Phi) is 7.77. The molecule has 0 bridgehead atoms. The number of thiophene rings is 1. The maximum Gasteiger partial charge on any atom is 0.251 e. The van der Waals surface area contributed by atoms with E-state index in [1.165, 1.54) is 37.7 Å². The zero-order chi connectivity index (χ0) is 23.1. The van der Waals surface area contributed by atoms with Crippen LogP contribution in [0.25, 0.3) is 10.1 Å². The Bertz CT molecular complexity index is 1150. The van der Waals surface area contributed by atoms with E-state index < -0.39 is 5.91 Å². The lowest BCUT2D eigenvalue weighted by Crippen LogP contribution is -2.37. The highest BCUT2D eigenvalue weighted by atomic mass is 32.1. The highest BCUT2D eigenvalue weighted by molar-refractivity contribution is 7.17. The molecule has 0 aliphatic heterocycles. The first-order valence-electron chi connectivity index (χ1n) is 9.95. The quantitative estimate of drug-likeness (QED) is 0.319. The Balaban J connectivity index is 1.42. The summed E-state index contributed by atoms with van der Waals surface area (Å²) in [5.41, 5.74) is 1.45. The molecular weight excluding hydrogens is 433 g/mol. The summed E-state index contributed by atoms with van der Waals surface area (Å²) in [5, 5.41) is 16.1. The Morgan fingerprint density at radius 1 is 1.06 bits per heavy atom. The van der Waals surface area contributed by atoms with Gasteiger partial charge in [0.2, 0.25) is 5.91 Å². The number of carbonyl (C=O) groups is 2. The Hall–Kier alpha value is -3.46. The number of halogens is 1. The zero-order valence-electron chi connectivity index (χ0n) is 17.8. The third-order valence-corrected chi connectivity index (χ3v) is 5.80. The molecule has 3 rings (SSSR count). The van der Waals surface area contributed by atoms with Crippen LogP contribution in [-0.2, 0) is 4.79 Å². The van der Waals surface area contributed by atoms with Crippen LogP contribution in [0.15, 0.2) is 41.8 Å². The molecule has 32 heavy (non-hydrogen) atoms. The Morgan fingerprint density at radius 3 is 2.59 bits per heavy atom. The topological polar surface area (TPSA) is 101 Å². The van der Waals surface area contributed by atoms with Gasteiger partial charge in [-0.3, -0.25) is 9.59 Å². The number of benzene rings is 2. The first kappa shape index (κ1) is 23.2. The third-order valence-electron chi connectivity index (χ3n) is 4.87. The number of fused-ring (bicyclic) bond motifs is 1. The van der Waals surface area contributed by atoms with Gasteiger partial charge in [-0.2, -0.15) is 0 Å². The van der Waals surface area contributed by atoms with E-state index in [4.69, 9.17) is 14.9 Å². The SMILES string of the molecule is COc1ccc(C(=O)NCC(=O)NCCCC(=N)c2ccc(F)c3sccc23)cc1OC. The second-order valence-corrected chi connectivity index (χ2v) is 7.86. The van der Waals surface area contributed by atoms with Gasteiger partial charge in [-0.25, -0.2) is 4.39 Å². The van der Waals surface area contributed by atoms with E-state index in [2.05, 4.69) is 10.6 Å². The molecule has 0 fully saturated rings.